The number of amides is 1. The van der Waals surface area contributed by atoms with Crippen molar-refractivity contribution in [1.29, 1.82) is 0 Å². The quantitative estimate of drug-likeness (QED) is 0.118. The van der Waals surface area contributed by atoms with Crippen molar-refractivity contribution in [2.75, 3.05) is 37.7 Å². The van der Waals surface area contributed by atoms with Crippen LogP contribution in [0.5, 0.6) is 11.9 Å². The van der Waals surface area contributed by atoms with Crippen molar-refractivity contribution in [3.8, 4) is 35.5 Å². The lowest BCUT2D eigenvalue weighted by molar-refractivity contribution is 0.0122. The molecule has 3 aromatic heterocycles. The number of terminal acetylenes is 1. The van der Waals surface area contributed by atoms with Gasteiger partial charge in [-0.1, -0.05) is 42.3 Å². The second-order valence-electron chi connectivity index (χ2n) is 16.8. The van der Waals surface area contributed by atoms with Crippen LogP contribution in [0, 0.1) is 24.0 Å². The van der Waals surface area contributed by atoms with E-state index in [9.17, 15) is 4.79 Å². The topological polar surface area (TPSA) is 119 Å². The van der Waals surface area contributed by atoms with Gasteiger partial charge in [-0.3, -0.25) is 14.8 Å². The summed E-state index contributed by atoms with van der Waals surface area (Å²) in [5.41, 5.74) is 0.433. The Morgan fingerprint density at radius 2 is 1.86 bits per heavy atom. The molecule has 0 spiro atoms. The van der Waals surface area contributed by atoms with Crippen LogP contribution in [-0.4, -0.2) is 103 Å². The maximum absolute atomic E-state index is 17.2. The molecule has 4 atom stereocenters. The number of pyridine rings is 1. The summed E-state index contributed by atoms with van der Waals surface area (Å²) in [5, 5.41) is 1.42. The summed E-state index contributed by atoms with van der Waals surface area (Å²) < 4.78 is 50.7. The monoisotopic (exact) mass is 786 g/mol. The van der Waals surface area contributed by atoms with Gasteiger partial charge in [0, 0.05) is 55.1 Å². The Balaban J connectivity index is 1.08. The number of carbonyl (C=O) groups excluding carboxylic acids is 1. The van der Waals surface area contributed by atoms with Gasteiger partial charge in [0.25, 0.3) is 0 Å². The minimum absolute atomic E-state index is 0.00956. The van der Waals surface area contributed by atoms with Crippen molar-refractivity contribution >= 4 is 33.6 Å². The number of rotatable bonds is 8. The van der Waals surface area contributed by atoms with Crippen LogP contribution in [0.1, 0.15) is 58.4 Å². The van der Waals surface area contributed by atoms with E-state index in [0.29, 0.717) is 59.7 Å². The third kappa shape index (κ3) is 6.70. The fourth-order valence-corrected chi connectivity index (χ4v) is 9.39. The molecular formula is C44H44F2N8O4. The molecule has 12 nitrogen and oxygen atoms in total. The van der Waals surface area contributed by atoms with Crippen molar-refractivity contribution in [2.24, 2.45) is 0 Å². The summed E-state index contributed by atoms with van der Waals surface area (Å²) in [7, 11) is 0. The van der Waals surface area contributed by atoms with Crippen molar-refractivity contribution in [3.05, 3.63) is 84.5 Å². The SMILES string of the molecule is C#Cc1c(F)ccc2cccc(-c3ncc4c(N5C[C@H]6CC[C@@H](C5)N6C(=O)OC(C)(C)C)nc(OC[C@@]56CC[C@@H](COc7ccncn7)N5CC(=C)C6)nc4c3F)c12. The third-order valence-corrected chi connectivity index (χ3v) is 11.8. The van der Waals surface area contributed by atoms with Crippen molar-refractivity contribution in [2.45, 2.75) is 82.1 Å². The summed E-state index contributed by atoms with van der Waals surface area (Å²) in [6.07, 6.45) is 14.1. The molecule has 1 amide bonds. The molecule has 0 saturated carbocycles. The largest absolute Gasteiger partial charge is 0.476 e. The van der Waals surface area contributed by atoms with E-state index < -0.39 is 17.2 Å². The number of nitrogens with zero attached hydrogens (tertiary/aromatic N) is 8. The zero-order valence-electron chi connectivity index (χ0n) is 32.8. The van der Waals surface area contributed by atoms with Gasteiger partial charge in [0.15, 0.2) is 5.82 Å². The number of piperazine rings is 1. The Hall–Kier alpha value is -5.94. The summed E-state index contributed by atoms with van der Waals surface area (Å²) in [6.45, 7) is 12.2. The van der Waals surface area contributed by atoms with E-state index in [2.05, 4.69) is 37.3 Å². The number of hydrogen-bond acceptors (Lipinski definition) is 11. The molecule has 0 radical (unpaired) electrons. The Labute approximate surface area is 335 Å². The number of aromatic nitrogens is 5. The molecule has 9 rings (SSSR count). The zero-order chi connectivity index (χ0) is 40.3. The van der Waals surface area contributed by atoms with E-state index in [1.807, 2.05) is 25.7 Å². The van der Waals surface area contributed by atoms with Crippen LogP contribution in [0.15, 0.2) is 67.3 Å². The summed E-state index contributed by atoms with van der Waals surface area (Å²) in [5.74, 6) is 2.13. The van der Waals surface area contributed by atoms with Crippen LogP contribution in [0.3, 0.4) is 0 Å². The van der Waals surface area contributed by atoms with Crippen LogP contribution in [-0.2, 0) is 4.74 Å². The second kappa shape index (κ2) is 14.5. The Morgan fingerprint density at radius 1 is 1.05 bits per heavy atom. The van der Waals surface area contributed by atoms with Gasteiger partial charge < -0.3 is 19.1 Å². The van der Waals surface area contributed by atoms with Gasteiger partial charge in [-0.05, 0) is 64.3 Å². The first-order valence-electron chi connectivity index (χ1n) is 19.7. The van der Waals surface area contributed by atoms with E-state index in [1.165, 1.54) is 12.4 Å². The predicted octanol–water partition coefficient (Wildman–Crippen LogP) is 7.10. The Kier molecular flexibility index (Phi) is 9.38. The molecule has 4 aliphatic rings. The van der Waals surface area contributed by atoms with Crippen LogP contribution in [0.4, 0.5) is 19.4 Å². The van der Waals surface area contributed by atoms with E-state index in [-0.39, 0.29) is 59.1 Å². The smallest absolute Gasteiger partial charge is 0.410 e. The second-order valence-corrected chi connectivity index (χ2v) is 16.8. The van der Waals surface area contributed by atoms with E-state index in [1.54, 1.807) is 42.7 Å². The molecule has 7 heterocycles. The number of benzene rings is 2. The average Bonchev–Trinajstić information content (AvgIpc) is 3.80. The number of halogens is 2. The number of anilines is 1. The fourth-order valence-electron chi connectivity index (χ4n) is 9.39. The molecule has 5 aromatic rings. The molecule has 4 saturated heterocycles. The van der Waals surface area contributed by atoms with Gasteiger partial charge in [0.1, 0.15) is 48.0 Å². The van der Waals surface area contributed by atoms with E-state index in [4.69, 9.17) is 30.6 Å². The number of carbonyl (C=O) groups is 1. The summed E-state index contributed by atoms with van der Waals surface area (Å²) in [6, 6.07) is 9.74. The highest BCUT2D eigenvalue weighted by Gasteiger charge is 2.51. The Bertz CT molecular complexity index is 2480. The van der Waals surface area contributed by atoms with Crippen molar-refractivity contribution in [3.63, 3.8) is 0 Å². The number of hydrogen-bond donors (Lipinski definition) is 0. The molecule has 2 bridgehead atoms. The lowest BCUT2D eigenvalue weighted by atomic mass is 9.94. The molecule has 4 fully saturated rings. The average molecular weight is 787 g/mol. The van der Waals surface area contributed by atoms with Gasteiger partial charge in [-0.2, -0.15) is 9.97 Å². The van der Waals surface area contributed by atoms with E-state index >= 15 is 8.78 Å². The maximum Gasteiger partial charge on any atom is 0.410 e. The van der Waals surface area contributed by atoms with Crippen molar-refractivity contribution in [1.82, 2.24) is 34.7 Å². The maximum atomic E-state index is 17.2. The molecule has 0 unspecified atom stereocenters. The van der Waals surface area contributed by atoms with Gasteiger partial charge in [-0.15, -0.1) is 6.42 Å². The molecule has 14 heteroatoms. The van der Waals surface area contributed by atoms with Crippen LogP contribution >= 0.6 is 0 Å². The van der Waals surface area contributed by atoms with Gasteiger partial charge >= 0.3 is 12.1 Å². The standard InChI is InChI=1S/C44H44F2N8O4/c1-6-31-34(45)13-10-27-8-7-9-32(36(27)31)38-37(46)39-33(19-48-38)40(52-21-28-11-12-29(22-52)54(28)42(55)58-43(3,4)5)51-41(50-39)57-24-44-16-14-30(53(44)20-26(2)18-44)23-56-35-15-17-47-25-49-35/h1,7-10,13,15,17,19,25,28-30H,2,11-12,14,16,18,20-24H2,3-5H3/t28-,29+,30-,44-/m0/s1. The molecule has 58 heavy (non-hydrogen) atoms. The highest BCUT2D eigenvalue weighted by Crippen LogP contribution is 2.45. The minimum Gasteiger partial charge on any atom is -0.476 e. The van der Waals surface area contributed by atoms with Crippen LogP contribution in [0.25, 0.3) is 32.9 Å². The third-order valence-electron chi connectivity index (χ3n) is 11.8. The zero-order valence-corrected chi connectivity index (χ0v) is 32.8. The van der Waals surface area contributed by atoms with Crippen LogP contribution < -0.4 is 14.4 Å². The molecule has 0 aliphatic carbocycles. The summed E-state index contributed by atoms with van der Waals surface area (Å²) >= 11 is 0. The molecule has 298 valence electrons. The van der Waals surface area contributed by atoms with Gasteiger partial charge in [0.05, 0.1) is 28.6 Å². The predicted molar refractivity (Wildman–Crippen MR) is 214 cm³/mol. The molecular weight excluding hydrogens is 743 g/mol. The highest BCUT2D eigenvalue weighted by atomic mass is 19.1. The van der Waals surface area contributed by atoms with Crippen molar-refractivity contribution < 1.29 is 27.8 Å². The minimum atomic E-state index is -0.710. The first-order chi connectivity index (χ1) is 27.9. The first-order valence-corrected chi connectivity index (χ1v) is 19.7. The van der Waals surface area contributed by atoms with E-state index in [0.717, 1.165) is 37.7 Å². The Morgan fingerprint density at radius 3 is 2.60 bits per heavy atom. The molecule has 0 N–H and O–H groups in total. The molecule has 2 aromatic carbocycles. The van der Waals surface area contributed by atoms with Gasteiger partial charge in [-0.25, -0.2) is 23.5 Å². The highest BCUT2D eigenvalue weighted by molar-refractivity contribution is 6.02. The lowest BCUT2D eigenvalue weighted by Crippen LogP contribution is -2.57. The number of ether oxygens (including phenoxy) is 3. The normalized spacial score (nSPS) is 23.0. The fraction of sp³-hybridized carbons (Fsp3) is 0.409. The number of fused-ring (bicyclic) bond motifs is 5. The lowest BCUT2D eigenvalue weighted by Gasteiger charge is -2.42. The van der Waals surface area contributed by atoms with Gasteiger partial charge in [0.2, 0.25) is 5.88 Å². The summed E-state index contributed by atoms with van der Waals surface area (Å²) in [4.78, 5) is 42.1. The molecule has 4 aliphatic heterocycles. The first kappa shape index (κ1) is 37.6. The van der Waals surface area contributed by atoms with Crippen LogP contribution in [0.2, 0.25) is 0 Å².